The van der Waals surface area contributed by atoms with Gasteiger partial charge in [-0.05, 0) is 0 Å². The first-order chi connectivity index (χ1) is 14.9. The van der Waals surface area contributed by atoms with E-state index in [2.05, 4.69) is 15.1 Å². The number of esters is 1. The summed E-state index contributed by atoms with van der Waals surface area (Å²) < 4.78 is 19.4. The van der Waals surface area contributed by atoms with Crippen LogP contribution in [0.25, 0.3) is 11.1 Å². The zero-order chi connectivity index (χ0) is 22.2. The van der Waals surface area contributed by atoms with E-state index in [1.54, 1.807) is 17.6 Å². The van der Waals surface area contributed by atoms with E-state index in [1.807, 2.05) is 4.90 Å². The molecule has 0 radical (unpaired) electrons. The van der Waals surface area contributed by atoms with Crippen LogP contribution in [0.4, 0.5) is 15.1 Å². The topological polar surface area (TPSA) is 135 Å². The molecule has 1 aliphatic rings. The summed E-state index contributed by atoms with van der Waals surface area (Å²) in [7, 11) is 0. The van der Waals surface area contributed by atoms with Crippen molar-refractivity contribution < 1.29 is 33.5 Å². The van der Waals surface area contributed by atoms with Crippen molar-refractivity contribution in [2.24, 2.45) is 5.16 Å². The lowest BCUT2D eigenvalue weighted by Gasteiger charge is -2.31. The number of hydrogen-bond acceptors (Lipinski definition) is 9. The number of nitrogens with zero attached hydrogens (tertiary/aromatic N) is 4. The summed E-state index contributed by atoms with van der Waals surface area (Å²) in [5, 5.41) is 12.5. The van der Waals surface area contributed by atoms with Crippen LogP contribution in [0.5, 0.6) is 0 Å². The zero-order valence-corrected chi connectivity index (χ0v) is 16.6. The quantitative estimate of drug-likeness (QED) is 0.344. The summed E-state index contributed by atoms with van der Waals surface area (Å²) in [5.74, 6) is -0.453. The monoisotopic (exact) mass is 433 g/mol. The molecule has 0 saturated carbocycles. The summed E-state index contributed by atoms with van der Waals surface area (Å²) in [6, 6.07) is 4.70. The molecule has 3 rings (SSSR count). The van der Waals surface area contributed by atoms with Gasteiger partial charge in [-0.3, -0.25) is 9.63 Å². The molecule has 1 amide bonds. The van der Waals surface area contributed by atoms with E-state index in [0.29, 0.717) is 24.6 Å². The van der Waals surface area contributed by atoms with E-state index in [1.165, 1.54) is 25.4 Å². The molecule has 11 nitrogen and oxygen atoms in total. The van der Waals surface area contributed by atoms with E-state index in [4.69, 9.17) is 19.5 Å². The number of nitrogens with one attached hydrogen (secondary N) is 1. The number of ether oxygens (including phenoxy) is 1. The maximum Gasteiger partial charge on any atom is 0.428 e. The molecule has 0 unspecified atom stereocenters. The van der Waals surface area contributed by atoms with E-state index in [9.17, 15) is 14.0 Å². The molecule has 164 valence electrons. The largest absolute Gasteiger partial charge is 0.464 e. The molecule has 2 aromatic rings. The normalized spacial score (nSPS) is 12.7. The number of rotatable bonds is 9. The van der Waals surface area contributed by atoms with Gasteiger partial charge in [0.15, 0.2) is 6.61 Å². The number of hydrogen-bond donors (Lipinski definition) is 2. The van der Waals surface area contributed by atoms with E-state index < -0.39 is 11.9 Å². The Labute approximate surface area is 176 Å². The van der Waals surface area contributed by atoms with Crippen molar-refractivity contribution in [1.29, 1.82) is 0 Å². The van der Waals surface area contributed by atoms with Crippen LogP contribution in [0.2, 0.25) is 0 Å². The van der Waals surface area contributed by atoms with Crippen LogP contribution in [-0.4, -0.2) is 59.2 Å². The second-order valence-electron chi connectivity index (χ2n) is 6.43. The van der Waals surface area contributed by atoms with E-state index in [-0.39, 0.29) is 36.9 Å². The first-order valence-corrected chi connectivity index (χ1v) is 9.20. The predicted octanol–water partition coefficient (Wildman–Crippen LogP) is 1.74. The second-order valence-corrected chi connectivity index (χ2v) is 6.43. The number of carbonyl (C=O) groups excluding carboxylic acids is 1. The Morgan fingerprint density at radius 2 is 2.00 bits per heavy atom. The van der Waals surface area contributed by atoms with Gasteiger partial charge in [-0.2, -0.15) is 5.48 Å². The van der Waals surface area contributed by atoms with Gasteiger partial charge in [0.25, 0.3) is 0 Å². The highest BCUT2D eigenvalue weighted by Crippen LogP contribution is 2.25. The van der Waals surface area contributed by atoms with Crippen LogP contribution in [0.3, 0.4) is 0 Å². The molecule has 0 atom stereocenters. The molecule has 0 aliphatic carbocycles. The van der Waals surface area contributed by atoms with Crippen molar-refractivity contribution in [1.82, 2.24) is 15.4 Å². The summed E-state index contributed by atoms with van der Waals surface area (Å²) in [6.07, 6.45) is 1.64. The third-order valence-electron chi connectivity index (χ3n) is 4.12. The van der Waals surface area contributed by atoms with Gasteiger partial charge >= 0.3 is 12.1 Å². The maximum absolute atomic E-state index is 14.7. The molecule has 2 heterocycles. The maximum atomic E-state index is 14.7. The minimum Gasteiger partial charge on any atom is -0.464 e. The summed E-state index contributed by atoms with van der Waals surface area (Å²) >= 11 is 0. The minimum atomic E-state index is -1.37. The lowest BCUT2D eigenvalue weighted by molar-refractivity contribution is -0.142. The van der Waals surface area contributed by atoms with Gasteiger partial charge in [-0.15, -0.1) is 0 Å². The lowest BCUT2D eigenvalue weighted by Crippen LogP contribution is -2.48. The fourth-order valence-corrected chi connectivity index (χ4v) is 2.67. The molecule has 0 bridgehead atoms. The molecule has 2 N–H and O–H groups in total. The Bertz CT molecular complexity index is 961. The molecule has 0 spiro atoms. The van der Waals surface area contributed by atoms with Crippen LogP contribution < -0.4 is 10.4 Å². The standard InChI is InChI=1S/C19H20FN5O6/c1-12(26)29-5-6-30-23-15-9-25(10-15)18-21-7-14(8-22-18)16-4-2-3-13(17(16)20)11-31-24-19(27)28/h2-4,7-8,24H,5-6,9-11H2,1H3,(H,27,28). The molecule has 1 aromatic heterocycles. The van der Waals surface area contributed by atoms with Crippen LogP contribution >= 0.6 is 0 Å². The van der Waals surface area contributed by atoms with Crippen molar-refractivity contribution in [3.63, 3.8) is 0 Å². The molecule has 12 heteroatoms. The van der Waals surface area contributed by atoms with Gasteiger partial charge in [0, 0.05) is 36.0 Å². The van der Waals surface area contributed by atoms with E-state index in [0.717, 1.165) is 5.71 Å². The number of hydroxylamine groups is 1. The van der Waals surface area contributed by atoms with Gasteiger partial charge in [-0.1, -0.05) is 23.4 Å². The Morgan fingerprint density at radius 1 is 1.26 bits per heavy atom. The van der Waals surface area contributed by atoms with Crippen LogP contribution in [0.1, 0.15) is 12.5 Å². The molecule has 31 heavy (non-hydrogen) atoms. The third kappa shape index (κ3) is 6.09. The Kier molecular flexibility index (Phi) is 7.27. The van der Waals surface area contributed by atoms with Crippen molar-refractivity contribution in [2.75, 3.05) is 31.2 Å². The fraction of sp³-hybridized carbons (Fsp3) is 0.316. The average Bonchev–Trinajstić information content (AvgIpc) is 2.70. The Balaban J connectivity index is 1.54. The summed E-state index contributed by atoms with van der Waals surface area (Å²) in [6.45, 7) is 2.36. The smallest absolute Gasteiger partial charge is 0.428 e. The second kappa shape index (κ2) is 10.3. The third-order valence-corrected chi connectivity index (χ3v) is 4.12. The van der Waals surface area contributed by atoms with Gasteiger partial charge in [-0.25, -0.2) is 19.2 Å². The van der Waals surface area contributed by atoms with Gasteiger partial charge in [0.05, 0.1) is 18.8 Å². The van der Waals surface area contributed by atoms with Gasteiger partial charge in [0.2, 0.25) is 5.95 Å². The number of oxime groups is 1. The first-order valence-electron chi connectivity index (χ1n) is 9.20. The van der Waals surface area contributed by atoms with Crippen LogP contribution in [0, 0.1) is 5.82 Å². The molecular weight excluding hydrogens is 413 g/mol. The van der Waals surface area contributed by atoms with Crippen molar-refractivity contribution in [2.45, 2.75) is 13.5 Å². The number of halogens is 1. The van der Waals surface area contributed by atoms with Crippen molar-refractivity contribution in [3.8, 4) is 11.1 Å². The van der Waals surface area contributed by atoms with E-state index >= 15 is 0 Å². The highest BCUT2D eigenvalue weighted by molar-refractivity contribution is 5.98. The number of anilines is 1. The molecular formula is C19H20FN5O6. The number of amides is 1. The summed E-state index contributed by atoms with van der Waals surface area (Å²) in [5.41, 5.74) is 3.45. The molecule has 1 fully saturated rings. The van der Waals surface area contributed by atoms with Crippen molar-refractivity contribution in [3.05, 3.63) is 42.0 Å². The van der Waals surface area contributed by atoms with Crippen LogP contribution in [-0.2, 0) is 25.8 Å². The summed E-state index contributed by atoms with van der Waals surface area (Å²) in [4.78, 5) is 41.2. The van der Waals surface area contributed by atoms with Crippen LogP contribution in [0.15, 0.2) is 35.7 Å². The number of benzene rings is 1. The SMILES string of the molecule is CC(=O)OCCON=C1CN(c2ncc(-c3cccc(CONC(=O)O)c3F)cn2)C1. The average molecular weight is 433 g/mol. The fourth-order valence-electron chi connectivity index (χ4n) is 2.67. The Morgan fingerprint density at radius 3 is 2.68 bits per heavy atom. The zero-order valence-electron chi connectivity index (χ0n) is 16.6. The molecule has 1 aromatic carbocycles. The number of carbonyl (C=O) groups is 2. The lowest BCUT2D eigenvalue weighted by atomic mass is 10.1. The van der Waals surface area contributed by atoms with Crippen molar-refractivity contribution >= 4 is 23.7 Å². The molecule has 1 aliphatic heterocycles. The van der Waals surface area contributed by atoms with Gasteiger partial charge in [0.1, 0.15) is 19.0 Å². The highest BCUT2D eigenvalue weighted by Gasteiger charge is 2.25. The first kappa shape index (κ1) is 21.9. The molecule has 1 saturated heterocycles. The number of carboxylic acid groups (broad SMARTS) is 1. The highest BCUT2D eigenvalue weighted by atomic mass is 19.1. The number of aromatic nitrogens is 2. The predicted molar refractivity (Wildman–Crippen MR) is 106 cm³/mol. The minimum absolute atomic E-state index is 0.139. The van der Waals surface area contributed by atoms with Gasteiger partial charge < -0.3 is 19.6 Å². The Hall–Kier alpha value is -3.80.